The first kappa shape index (κ1) is 14.5. The summed E-state index contributed by atoms with van der Waals surface area (Å²) in [5.41, 5.74) is 1.27. The highest BCUT2D eigenvalue weighted by Gasteiger charge is 2.07. The Morgan fingerprint density at radius 3 is 2.75 bits per heavy atom. The van der Waals surface area contributed by atoms with E-state index in [2.05, 4.69) is 4.98 Å². The van der Waals surface area contributed by atoms with E-state index in [-0.39, 0.29) is 24.8 Å². The molecular formula is C15H13ClFNO2. The number of halogens is 2. The highest BCUT2D eigenvalue weighted by molar-refractivity contribution is 6.29. The molecule has 0 N–H and O–H groups in total. The number of benzene rings is 1. The van der Waals surface area contributed by atoms with Gasteiger partial charge in [0.1, 0.15) is 17.6 Å². The second-order valence-electron chi connectivity index (χ2n) is 4.24. The summed E-state index contributed by atoms with van der Waals surface area (Å²) in [6.45, 7) is 0.139. The predicted molar refractivity (Wildman–Crippen MR) is 73.8 cm³/mol. The van der Waals surface area contributed by atoms with Gasteiger partial charge in [-0.15, -0.1) is 0 Å². The molecule has 0 aliphatic heterocycles. The van der Waals surface area contributed by atoms with Gasteiger partial charge in [-0.3, -0.25) is 4.79 Å². The Kier molecular flexibility index (Phi) is 5.07. The summed E-state index contributed by atoms with van der Waals surface area (Å²) in [5, 5.41) is 0.389. The Morgan fingerprint density at radius 2 is 2.05 bits per heavy atom. The van der Waals surface area contributed by atoms with Gasteiger partial charge in [0, 0.05) is 18.2 Å². The minimum Gasteiger partial charge on any atom is -0.461 e. The number of carbonyl (C=O) groups excluding carboxylic acids is 1. The topological polar surface area (TPSA) is 39.2 Å². The zero-order valence-corrected chi connectivity index (χ0v) is 11.4. The molecule has 104 valence electrons. The van der Waals surface area contributed by atoms with Gasteiger partial charge < -0.3 is 4.74 Å². The third kappa shape index (κ3) is 4.31. The van der Waals surface area contributed by atoms with E-state index in [4.69, 9.17) is 16.3 Å². The lowest BCUT2D eigenvalue weighted by Crippen LogP contribution is -2.06. The zero-order chi connectivity index (χ0) is 14.4. The molecule has 1 aromatic heterocycles. The van der Waals surface area contributed by atoms with Gasteiger partial charge in [-0.25, -0.2) is 9.37 Å². The van der Waals surface area contributed by atoms with E-state index in [1.807, 2.05) is 0 Å². The Hall–Kier alpha value is -1.94. The monoisotopic (exact) mass is 293 g/mol. The molecular weight excluding hydrogens is 281 g/mol. The van der Waals surface area contributed by atoms with Crippen LogP contribution in [0, 0.1) is 5.82 Å². The first-order valence-corrected chi connectivity index (χ1v) is 6.52. The first-order chi connectivity index (χ1) is 9.65. The van der Waals surface area contributed by atoms with Crippen molar-refractivity contribution >= 4 is 17.6 Å². The maximum Gasteiger partial charge on any atom is 0.306 e. The van der Waals surface area contributed by atoms with Gasteiger partial charge in [0.05, 0.1) is 0 Å². The Morgan fingerprint density at radius 1 is 1.25 bits per heavy atom. The van der Waals surface area contributed by atoms with Crippen molar-refractivity contribution in [3.8, 4) is 0 Å². The van der Waals surface area contributed by atoms with Crippen LogP contribution in [0.2, 0.25) is 5.15 Å². The van der Waals surface area contributed by atoms with Crippen LogP contribution in [0.1, 0.15) is 17.5 Å². The molecule has 2 rings (SSSR count). The number of rotatable bonds is 5. The van der Waals surface area contributed by atoms with Crippen molar-refractivity contribution in [2.24, 2.45) is 0 Å². The fourth-order valence-corrected chi connectivity index (χ4v) is 1.78. The molecule has 0 unspecified atom stereocenters. The summed E-state index contributed by atoms with van der Waals surface area (Å²) in [5.74, 6) is -0.676. The van der Waals surface area contributed by atoms with E-state index < -0.39 is 0 Å². The van der Waals surface area contributed by atoms with E-state index in [0.717, 1.165) is 5.56 Å². The SMILES string of the molecule is O=C(CCc1ccccc1F)OCc1ccc(Cl)nc1. The second kappa shape index (κ2) is 7.01. The summed E-state index contributed by atoms with van der Waals surface area (Å²) in [7, 11) is 0. The highest BCUT2D eigenvalue weighted by atomic mass is 35.5. The van der Waals surface area contributed by atoms with Crippen LogP contribution in [0.5, 0.6) is 0 Å². The second-order valence-corrected chi connectivity index (χ2v) is 4.63. The van der Waals surface area contributed by atoms with E-state index in [9.17, 15) is 9.18 Å². The molecule has 1 aromatic carbocycles. The molecule has 0 bridgehead atoms. The van der Waals surface area contributed by atoms with Crippen LogP contribution in [0.4, 0.5) is 4.39 Å². The number of aryl methyl sites for hydroxylation is 1. The van der Waals surface area contributed by atoms with E-state index in [0.29, 0.717) is 17.1 Å². The van der Waals surface area contributed by atoms with Crippen molar-refractivity contribution in [1.29, 1.82) is 0 Å². The van der Waals surface area contributed by atoms with E-state index in [1.165, 1.54) is 6.07 Å². The Bertz CT molecular complexity index is 587. The van der Waals surface area contributed by atoms with Gasteiger partial charge in [0.25, 0.3) is 0 Å². The maximum absolute atomic E-state index is 13.4. The summed E-state index contributed by atoms with van der Waals surface area (Å²) in [6.07, 6.45) is 2.01. The van der Waals surface area contributed by atoms with Crippen LogP contribution in [-0.4, -0.2) is 11.0 Å². The average molecular weight is 294 g/mol. The molecule has 5 heteroatoms. The van der Waals surface area contributed by atoms with Gasteiger partial charge >= 0.3 is 5.97 Å². The molecule has 0 saturated carbocycles. The summed E-state index contributed by atoms with van der Waals surface area (Å²) in [4.78, 5) is 15.5. The van der Waals surface area contributed by atoms with Gasteiger partial charge in [-0.2, -0.15) is 0 Å². The van der Waals surface area contributed by atoms with Crippen molar-refractivity contribution in [3.63, 3.8) is 0 Å². The first-order valence-electron chi connectivity index (χ1n) is 6.14. The highest BCUT2D eigenvalue weighted by Crippen LogP contribution is 2.10. The van der Waals surface area contributed by atoms with Crippen LogP contribution in [-0.2, 0) is 22.6 Å². The van der Waals surface area contributed by atoms with E-state index >= 15 is 0 Å². The quantitative estimate of drug-likeness (QED) is 0.625. The molecule has 0 aliphatic carbocycles. The molecule has 0 amide bonds. The molecule has 0 atom stereocenters. The summed E-state index contributed by atoms with van der Waals surface area (Å²) in [6, 6.07) is 9.75. The average Bonchev–Trinajstić information content (AvgIpc) is 2.46. The largest absolute Gasteiger partial charge is 0.461 e. The third-order valence-electron chi connectivity index (χ3n) is 2.74. The molecule has 0 spiro atoms. The minimum atomic E-state index is -0.372. The normalized spacial score (nSPS) is 10.3. The van der Waals surface area contributed by atoms with Crippen molar-refractivity contribution < 1.29 is 13.9 Å². The fourth-order valence-electron chi connectivity index (χ4n) is 1.67. The molecule has 0 fully saturated rings. The lowest BCUT2D eigenvalue weighted by atomic mass is 10.1. The van der Waals surface area contributed by atoms with Crippen LogP contribution >= 0.6 is 11.6 Å². The Labute approximate surface area is 121 Å². The third-order valence-corrected chi connectivity index (χ3v) is 2.97. The molecule has 20 heavy (non-hydrogen) atoms. The molecule has 3 nitrogen and oxygen atoms in total. The van der Waals surface area contributed by atoms with Crippen LogP contribution < -0.4 is 0 Å². The smallest absolute Gasteiger partial charge is 0.306 e. The number of nitrogens with zero attached hydrogens (tertiary/aromatic N) is 1. The predicted octanol–water partition coefficient (Wildman–Crippen LogP) is 3.55. The molecule has 0 aliphatic rings. The lowest BCUT2D eigenvalue weighted by molar-refractivity contribution is -0.144. The van der Waals surface area contributed by atoms with Crippen molar-refractivity contribution in [3.05, 3.63) is 64.7 Å². The van der Waals surface area contributed by atoms with Crippen LogP contribution in [0.15, 0.2) is 42.6 Å². The van der Waals surface area contributed by atoms with Crippen LogP contribution in [0.3, 0.4) is 0 Å². The van der Waals surface area contributed by atoms with Gasteiger partial charge in [-0.1, -0.05) is 35.9 Å². The Balaban J connectivity index is 1.78. The molecule has 2 aromatic rings. The number of pyridine rings is 1. The molecule has 0 saturated heterocycles. The molecule has 1 heterocycles. The van der Waals surface area contributed by atoms with Gasteiger partial charge in [0.2, 0.25) is 0 Å². The number of hydrogen-bond donors (Lipinski definition) is 0. The maximum atomic E-state index is 13.4. The summed E-state index contributed by atoms with van der Waals surface area (Å²) >= 11 is 5.65. The minimum absolute atomic E-state index is 0.139. The number of ether oxygens (including phenoxy) is 1. The number of carbonyl (C=O) groups is 1. The van der Waals surface area contributed by atoms with Crippen molar-refractivity contribution in [2.75, 3.05) is 0 Å². The lowest BCUT2D eigenvalue weighted by Gasteiger charge is -2.05. The molecule has 0 radical (unpaired) electrons. The van der Waals surface area contributed by atoms with Crippen molar-refractivity contribution in [1.82, 2.24) is 4.98 Å². The fraction of sp³-hybridized carbons (Fsp3) is 0.200. The number of hydrogen-bond acceptors (Lipinski definition) is 3. The van der Waals surface area contributed by atoms with Crippen molar-refractivity contribution in [2.45, 2.75) is 19.4 Å². The number of aromatic nitrogens is 1. The number of esters is 1. The summed E-state index contributed by atoms with van der Waals surface area (Å²) < 4.78 is 18.4. The van der Waals surface area contributed by atoms with Crippen LogP contribution in [0.25, 0.3) is 0 Å². The van der Waals surface area contributed by atoms with E-state index in [1.54, 1.807) is 36.5 Å². The zero-order valence-electron chi connectivity index (χ0n) is 10.7. The standard InChI is InChI=1S/C15H13ClFNO2/c16-14-7-5-11(9-18-14)10-20-15(19)8-6-12-3-1-2-4-13(12)17/h1-5,7,9H,6,8,10H2. The van der Waals surface area contributed by atoms with Gasteiger partial charge in [0.15, 0.2) is 0 Å². The van der Waals surface area contributed by atoms with Gasteiger partial charge in [-0.05, 0) is 24.1 Å².